The van der Waals surface area contributed by atoms with Gasteiger partial charge in [0.15, 0.2) is 0 Å². The number of rotatable bonds is 7. The SMILES string of the molecule is Cc1nnc(NC(=O)c2cccc(S(=O)(=O)N(Cc3ccccc3)c3ccccc3Cl)c2)s1. The molecule has 1 amide bonds. The topological polar surface area (TPSA) is 92.3 Å². The zero-order valence-electron chi connectivity index (χ0n) is 17.5. The van der Waals surface area contributed by atoms with Gasteiger partial charge in [-0.15, -0.1) is 10.2 Å². The second-order valence-electron chi connectivity index (χ2n) is 7.06. The highest BCUT2D eigenvalue weighted by Crippen LogP contribution is 2.32. The zero-order chi connectivity index (χ0) is 23.4. The van der Waals surface area contributed by atoms with Gasteiger partial charge >= 0.3 is 0 Å². The van der Waals surface area contributed by atoms with Gasteiger partial charge in [-0.05, 0) is 42.8 Å². The zero-order valence-corrected chi connectivity index (χ0v) is 19.9. The van der Waals surface area contributed by atoms with Gasteiger partial charge in [0.2, 0.25) is 5.13 Å². The maximum atomic E-state index is 13.7. The highest BCUT2D eigenvalue weighted by Gasteiger charge is 2.27. The molecule has 0 aliphatic rings. The Morgan fingerprint density at radius 3 is 2.42 bits per heavy atom. The third-order valence-corrected chi connectivity index (χ3v) is 7.55. The summed E-state index contributed by atoms with van der Waals surface area (Å²) in [5, 5.41) is 11.7. The van der Waals surface area contributed by atoms with E-state index in [1.165, 1.54) is 33.8 Å². The van der Waals surface area contributed by atoms with E-state index in [-0.39, 0.29) is 17.0 Å². The van der Waals surface area contributed by atoms with Gasteiger partial charge in [-0.1, -0.05) is 71.5 Å². The van der Waals surface area contributed by atoms with Crippen LogP contribution in [-0.4, -0.2) is 24.5 Å². The van der Waals surface area contributed by atoms with E-state index < -0.39 is 15.9 Å². The maximum Gasteiger partial charge on any atom is 0.264 e. The van der Waals surface area contributed by atoms with Crippen molar-refractivity contribution in [3.05, 3.63) is 100 Å². The molecule has 33 heavy (non-hydrogen) atoms. The predicted octanol–water partition coefficient (Wildman–Crippen LogP) is 5.15. The average Bonchev–Trinajstić information content (AvgIpc) is 3.23. The van der Waals surface area contributed by atoms with Gasteiger partial charge < -0.3 is 0 Å². The van der Waals surface area contributed by atoms with Gasteiger partial charge in [-0.25, -0.2) is 8.42 Å². The summed E-state index contributed by atoms with van der Waals surface area (Å²) >= 11 is 7.60. The molecule has 1 aromatic heterocycles. The van der Waals surface area contributed by atoms with Crippen LogP contribution in [0.4, 0.5) is 10.8 Å². The Kier molecular flexibility index (Phi) is 6.73. The van der Waals surface area contributed by atoms with Crippen LogP contribution in [0.1, 0.15) is 20.9 Å². The summed E-state index contributed by atoms with van der Waals surface area (Å²) in [4.78, 5) is 12.7. The number of anilines is 2. The monoisotopic (exact) mass is 498 g/mol. The van der Waals surface area contributed by atoms with Crippen LogP contribution >= 0.6 is 22.9 Å². The van der Waals surface area contributed by atoms with Gasteiger partial charge in [0.05, 0.1) is 22.2 Å². The summed E-state index contributed by atoms with van der Waals surface area (Å²) in [6, 6.07) is 21.8. The summed E-state index contributed by atoms with van der Waals surface area (Å²) in [5.41, 5.74) is 1.33. The van der Waals surface area contributed by atoms with Crippen molar-refractivity contribution in [2.45, 2.75) is 18.4 Å². The number of hydrogen-bond acceptors (Lipinski definition) is 6. The number of sulfonamides is 1. The summed E-state index contributed by atoms with van der Waals surface area (Å²) in [6.07, 6.45) is 0. The lowest BCUT2D eigenvalue weighted by molar-refractivity contribution is 0.102. The molecule has 0 radical (unpaired) electrons. The van der Waals surface area contributed by atoms with Crippen molar-refractivity contribution in [1.29, 1.82) is 0 Å². The standard InChI is InChI=1S/C23H19ClN4O3S2/c1-16-26-27-23(32-16)25-22(29)18-10-7-11-19(14-18)33(30,31)28(15-17-8-3-2-4-9-17)21-13-6-5-12-20(21)24/h2-14H,15H2,1H3,(H,25,27,29). The Hall–Kier alpha value is -3.27. The molecule has 168 valence electrons. The lowest BCUT2D eigenvalue weighted by atomic mass is 10.2. The Labute approximate surface area is 200 Å². The number of nitrogens with one attached hydrogen (secondary N) is 1. The van der Waals surface area contributed by atoms with Crippen LogP contribution in [0.5, 0.6) is 0 Å². The fourth-order valence-electron chi connectivity index (χ4n) is 3.14. The molecule has 0 spiro atoms. The molecule has 7 nitrogen and oxygen atoms in total. The molecular weight excluding hydrogens is 480 g/mol. The molecule has 4 aromatic rings. The van der Waals surface area contributed by atoms with Gasteiger partial charge in [-0.2, -0.15) is 0 Å². The van der Waals surface area contributed by atoms with Gasteiger partial charge in [-0.3, -0.25) is 14.4 Å². The fraction of sp³-hybridized carbons (Fsp3) is 0.0870. The van der Waals surface area contributed by atoms with Crippen LogP contribution in [0.15, 0.2) is 83.8 Å². The number of benzene rings is 3. The summed E-state index contributed by atoms with van der Waals surface area (Å²) in [5.74, 6) is -0.476. The molecular formula is C23H19ClN4O3S2. The Bertz CT molecular complexity index is 1390. The quantitative estimate of drug-likeness (QED) is 0.380. The minimum atomic E-state index is -4.06. The van der Waals surface area contributed by atoms with Crippen molar-refractivity contribution < 1.29 is 13.2 Å². The van der Waals surface area contributed by atoms with E-state index in [4.69, 9.17) is 11.6 Å². The Balaban J connectivity index is 1.71. The first-order valence-corrected chi connectivity index (χ1v) is 12.5. The fourth-order valence-corrected chi connectivity index (χ4v) is 5.54. The molecule has 1 N–H and O–H groups in total. The van der Waals surface area contributed by atoms with E-state index in [0.29, 0.717) is 20.8 Å². The molecule has 0 saturated carbocycles. The lowest BCUT2D eigenvalue weighted by Gasteiger charge is -2.25. The number of nitrogens with zero attached hydrogens (tertiary/aromatic N) is 3. The van der Waals surface area contributed by atoms with Crippen molar-refractivity contribution in [2.24, 2.45) is 0 Å². The predicted molar refractivity (Wildman–Crippen MR) is 130 cm³/mol. The molecule has 10 heteroatoms. The summed E-state index contributed by atoms with van der Waals surface area (Å²) in [7, 11) is -4.06. The van der Waals surface area contributed by atoms with Crippen molar-refractivity contribution in [3.8, 4) is 0 Å². The lowest BCUT2D eigenvalue weighted by Crippen LogP contribution is -2.31. The van der Waals surface area contributed by atoms with E-state index in [2.05, 4.69) is 15.5 Å². The number of aryl methyl sites for hydroxylation is 1. The molecule has 0 atom stereocenters. The first-order valence-electron chi connectivity index (χ1n) is 9.87. The van der Waals surface area contributed by atoms with Crippen LogP contribution in [-0.2, 0) is 16.6 Å². The Morgan fingerprint density at radius 2 is 1.73 bits per heavy atom. The largest absolute Gasteiger partial charge is 0.296 e. The van der Waals surface area contributed by atoms with Crippen LogP contribution in [0.3, 0.4) is 0 Å². The van der Waals surface area contributed by atoms with E-state index in [0.717, 1.165) is 5.56 Å². The van der Waals surface area contributed by atoms with Crippen molar-refractivity contribution in [3.63, 3.8) is 0 Å². The number of carbonyl (C=O) groups is 1. The average molecular weight is 499 g/mol. The molecule has 0 saturated heterocycles. The van der Waals surface area contributed by atoms with Gasteiger partial charge in [0.25, 0.3) is 15.9 Å². The highest BCUT2D eigenvalue weighted by molar-refractivity contribution is 7.92. The van der Waals surface area contributed by atoms with Crippen molar-refractivity contribution >= 4 is 49.7 Å². The second-order valence-corrected chi connectivity index (χ2v) is 10.5. The third-order valence-electron chi connectivity index (χ3n) is 4.72. The smallest absolute Gasteiger partial charge is 0.264 e. The number of carbonyl (C=O) groups excluding carboxylic acids is 1. The number of aromatic nitrogens is 2. The summed E-state index contributed by atoms with van der Waals surface area (Å²) in [6.45, 7) is 1.85. The van der Waals surface area contributed by atoms with Gasteiger partial charge in [0.1, 0.15) is 5.01 Å². The summed E-state index contributed by atoms with van der Waals surface area (Å²) < 4.78 is 28.7. The molecule has 0 unspecified atom stereocenters. The van der Waals surface area contributed by atoms with Crippen LogP contribution in [0.2, 0.25) is 5.02 Å². The molecule has 0 fully saturated rings. The van der Waals surface area contributed by atoms with Crippen LogP contribution < -0.4 is 9.62 Å². The first-order chi connectivity index (χ1) is 15.8. The first kappa shape index (κ1) is 22.9. The second kappa shape index (κ2) is 9.70. The maximum absolute atomic E-state index is 13.7. The highest BCUT2D eigenvalue weighted by atomic mass is 35.5. The minimum Gasteiger partial charge on any atom is -0.296 e. The third kappa shape index (κ3) is 5.22. The van der Waals surface area contributed by atoms with Gasteiger partial charge in [0, 0.05) is 5.56 Å². The molecule has 0 aliphatic heterocycles. The van der Waals surface area contributed by atoms with Crippen molar-refractivity contribution in [1.82, 2.24) is 10.2 Å². The normalized spacial score (nSPS) is 11.2. The number of hydrogen-bond donors (Lipinski definition) is 1. The van der Waals surface area contributed by atoms with E-state index in [1.54, 1.807) is 37.3 Å². The number of amides is 1. The molecule has 1 heterocycles. The molecule has 4 rings (SSSR count). The number of halogens is 1. The van der Waals surface area contributed by atoms with E-state index in [1.807, 2.05) is 30.3 Å². The van der Waals surface area contributed by atoms with Crippen LogP contribution in [0.25, 0.3) is 0 Å². The molecule has 0 bridgehead atoms. The van der Waals surface area contributed by atoms with Crippen molar-refractivity contribution in [2.75, 3.05) is 9.62 Å². The van der Waals surface area contributed by atoms with Crippen LogP contribution in [0, 0.1) is 6.92 Å². The minimum absolute atomic E-state index is 0.0283. The molecule has 0 aliphatic carbocycles. The molecule has 3 aromatic carbocycles. The van der Waals surface area contributed by atoms with E-state index >= 15 is 0 Å². The Morgan fingerprint density at radius 1 is 1.00 bits per heavy atom. The van der Waals surface area contributed by atoms with E-state index in [9.17, 15) is 13.2 Å². The number of para-hydroxylation sites is 1.